The molecule has 10 nitrogen and oxygen atoms in total. The molecule has 0 radical (unpaired) electrons. The predicted octanol–water partition coefficient (Wildman–Crippen LogP) is 1.13. The van der Waals surface area contributed by atoms with Crippen molar-refractivity contribution in [1.82, 2.24) is 23.9 Å². The number of carbonyl (C=O) groups is 1. The van der Waals surface area contributed by atoms with Crippen LogP contribution in [0.2, 0.25) is 0 Å². The van der Waals surface area contributed by atoms with Crippen molar-refractivity contribution >= 4 is 15.9 Å². The first kappa shape index (κ1) is 22.1. The van der Waals surface area contributed by atoms with Crippen LogP contribution in [-0.4, -0.2) is 64.4 Å². The summed E-state index contributed by atoms with van der Waals surface area (Å²) >= 11 is 0. The summed E-state index contributed by atoms with van der Waals surface area (Å²) < 4.78 is 47.7. The van der Waals surface area contributed by atoms with Gasteiger partial charge in [-0.05, 0) is 24.6 Å². The van der Waals surface area contributed by atoms with Crippen molar-refractivity contribution in [3.05, 3.63) is 53.4 Å². The Morgan fingerprint density at radius 2 is 1.94 bits per heavy atom. The van der Waals surface area contributed by atoms with Crippen LogP contribution in [0.15, 0.2) is 39.9 Å². The minimum atomic E-state index is -3.74. The molecule has 1 aliphatic rings. The van der Waals surface area contributed by atoms with Crippen LogP contribution in [0.5, 0.6) is 0 Å². The number of rotatable bonds is 6. The Labute approximate surface area is 184 Å². The van der Waals surface area contributed by atoms with Crippen molar-refractivity contribution < 1.29 is 22.1 Å². The van der Waals surface area contributed by atoms with Gasteiger partial charge in [0, 0.05) is 45.0 Å². The highest BCUT2D eigenvalue weighted by Crippen LogP contribution is 2.22. The highest BCUT2D eigenvalue weighted by Gasteiger charge is 2.30. The summed E-state index contributed by atoms with van der Waals surface area (Å²) in [6.45, 7) is 3.50. The molecule has 0 saturated carbocycles. The van der Waals surface area contributed by atoms with Crippen LogP contribution in [0, 0.1) is 12.7 Å². The molecule has 0 atom stereocenters. The Kier molecular flexibility index (Phi) is 5.84. The van der Waals surface area contributed by atoms with E-state index in [-0.39, 0.29) is 29.5 Å². The first-order valence-corrected chi connectivity index (χ1v) is 11.4. The van der Waals surface area contributed by atoms with Gasteiger partial charge in [-0.2, -0.15) is 9.29 Å². The largest absolute Gasteiger partial charge is 0.364 e. The number of hydrogen-bond acceptors (Lipinski definition) is 7. The van der Waals surface area contributed by atoms with E-state index >= 15 is 0 Å². The smallest absolute Gasteiger partial charge is 0.265 e. The second-order valence-corrected chi connectivity index (χ2v) is 9.63. The van der Waals surface area contributed by atoms with E-state index < -0.39 is 15.9 Å². The minimum absolute atomic E-state index is 0.0362. The van der Waals surface area contributed by atoms with E-state index in [0.29, 0.717) is 42.5 Å². The van der Waals surface area contributed by atoms with Gasteiger partial charge in [0.15, 0.2) is 0 Å². The van der Waals surface area contributed by atoms with Crippen LogP contribution in [0.1, 0.15) is 21.9 Å². The standard InChI is InChI=1S/C20H23FN6O4S/c1-13-3-4-14(9-16(13)21)20-23-18(31-24-20)12-26-5-7-27(8-6-26)32(29,30)15-10-17(19(22)28)25(2)11-15/h3-4,9-11H,5-8,12H2,1-2H3,(H2,22,28). The summed E-state index contributed by atoms with van der Waals surface area (Å²) in [6, 6.07) is 6.03. The number of sulfonamides is 1. The molecule has 1 fully saturated rings. The number of halogens is 1. The third-order valence-electron chi connectivity index (χ3n) is 5.46. The average Bonchev–Trinajstić information content (AvgIpc) is 3.37. The van der Waals surface area contributed by atoms with Gasteiger partial charge in [0.1, 0.15) is 16.4 Å². The van der Waals surface area contributed by atoms with Crippen LogP contribution < -0.4 is 5.73 Å². The zero-order chi connectivity index (χ0) is 23.0. The summed E-state index contributed by atoms with van der Waals surface area (Å²) in [6.07, 6.45) is 1.38. The number of aromatic nitrogens is 3. The molecule has 2 aromatic heterocycles. The maximum atomic E-state index is 13.8. The first-order chi connectivity index (χ1) is 15.1. The summed E-state index contributed by atoms with van der Waals surface area (Å²) in [5.41, 5.74) is 6.47. The van der Waals surface area contributed by atoms with Crippen LogP contribution in [-0.2, 0) is 23.6 Å². The first-order valence-electron chi connectivity index (χ1n) is 9.93. The number of nitrogens with two attached hydrogens (primary N) is 1. The van der Waals surface area contributed by atoms with Gasteiger partial charge >= 0.3 is 0 Å². The topological polar surface area (TPSA) is 128 Å². The lowest BCUT2D eigenvalue weighted by molar-refractivity contribution is 0.0992. The molecule has 1 amide bonds. The van der Waals surface area contributed by atoms with Gasteiger partial charge in [0.25, 0.3) is 5.91 Å². The predicted molar refractivity (Wildman–Crippen MR) is 112 cm³/mol. The summed E-state index contributed by atoms with van der Waals surface area (Å²) in [5.74, 6) is -0.362. The molecule has 32 heavy (non-hydrogen) atoms. The fraction of sp³-hybridized carbons (Fsp3) is 0.350. The molecule has 1 saturated heterocycles. The van der Waals surface area contributed by atoms with Crippen molar-refractivity contribution in [2.75, 3.05) is 26.2 Å². The van der Waals surface area contributed by atoms with E-state index in [9.17, 15) is 17.6 Å². The van der Waals surface area contributed by atoms with E-state index in [1.54, 1.807) is 26.1 Å². The number of nitrogens with zero attached hydrogens (tertiary/aromatic N) is 5. The lowest BCUT2D eigenvalue weighted by atomic mass is 10.1. The maximum absolute atomic E-state index is 13.8. The zero-order valence-electron chi connectivity index (χ0n) is 17.7. The lowest BCUT2D eigenvalue weighted by Crippen LogP contribution is -2.48. The number of carbonyl (C=O) groups excluding carboxylic acids is 1. The van der Waals surface area contributed by atoms with Crippen molar-refractivity contribution in [3.8, 4) is 11.4 Å². The molecule has 1 aliphatic heterocycles. The Morgan fingerprint density at radius 3 is 2.56 bits per heavy atom. The number of aryl methyl sites for hydroxylation is 2. The van der Waals surface area contributed by atoms with Crippen LogP contribution >= 0.6 is 0 Å². The Morgan fingerprint density at radius 1 is 1.22 bits per heavy atom. The molecule has 0 unspecified atom stereocenters. The average molecular weight is 463 g/mol. The van der Waals surface area contributed by atoms with Gasteiger partial charge in [-0.15, -0.1) is 0 Å². The van der Waals surface area contributed by atoms with E-state index in [1.807, 2.05) is 4.90 Å². The fourth-order valence-electron chi connectivity index (χ4n) is 3.56. The van der Waals surface area contributed by atoms with Gasteiger partial charge in [-0.25, -0.2) is 12.8 Å². The van der Waals surface area contributed by atoms with Crippen LogP contribution in [0.3, 0.4) is 0 Å². The molecule has 12 heteroatoms. The Hall–Kier alpha value is -3.09. The highest BCUT2D eigenvalue weighted by atomic mass is 32.2. The maximum Gasteiger partial charge on any atom is 0.265 e. The van der Waals surface area contributed by atoms with Crippen molar-refractivity contribution in [1.29, 1.82) is 0 Å². The molecule has 3 heterocycles. The van der Waals surface area contributed by atoms with Crippen molar-refractivity contribution in [3.63, 3.8) is 0 Å². The second kappa shape index (κ2) is 8.45. The molecule has 0 spiro atoms. The molecule has 2 N–H and O–H groups in total. The van der Waals surface area contributed by atoms with Gasteiger partial charge < -0.3 is 14.8 Å². The minimum Gasteiger partial charge on any atom is -0.364 e. The van der Waals surface area contributed by atoms with E-state index in [4.69, 9.17) is 10.3 Å². The van der Waals surface area contributed by atoms with Crippen molar-refractivity contribution in [2.24, 2.45) is 12.8 Å². The highest BCUT2D eigenvalue weighted by molar-refractivity contribution is 7.89. The molecule has 1 aromatic carbocycles. The normalized spacial score (nSPS) is 15.8. The molecule has 0 aliphatic carbocycles. The molecule has 0 bridgehead atoms. The van der Waals surface area contributed by atoms with Gasteiger partial charge in [0.05, 0.1) is 6.54 Å². The van der Waals surface area contributed by atoms with Crippen LogP contribution in [0.4, 0.5) is 4.39 Å². The molecule has 170 valence electrons. The summed E-state index contributed by atoms with van der Waals surface area (Å²) in [5, 5.41) is 3.92. The van der Waals surface area contributed by atoms with E-state index in [1.165, 1.54) is 27.2 Å². The van der Waals surface area contributed by atoms with E-state index in [2.05, 4.69) is 10.1 Å². The molecular weight excluding hydrogens is 439 g/mol. The van der Waals surface area contributed by atoms with Crippen LogP contribution in [0.25, 0.3) is 11.4 Å². The molecule has 4 rings (SSSR count). The quantitative estimate of drug-likeness (QED) is 0.582. The summed E-state index contributed by atoms with van der Waals surface area (Å²) in [7, 11) is -2.17. The fourth-order valence-corrected chi connectivity index (χ4v) is 5.05. The van der Waals surface area contributed by atoms with Crippen molar-refractivity contribution in [2.45, 2.75) is 18.4 Å². The lowest BCUT2D eigenvalue weighted by Gasteiger charge is -2.32. The number of benzene rings is 1. The molecular formula is C20H23FN6O4S. The number of amides is 1. The monoisotopic (exact) mass is 462 g/mol. The van der Waals surface area contributed by atoms with E-state index in [0.717, 1.165) is 0 Å². The number of piperazine rings is 1. The number of hydrogen-bond donors (Lipinski definition) is 1. The molecule has 3 aromatic rings. The second-order valence-electron chi connectivity index (χ2n) is 7.69. The Bertz CT molecular complexity index is 1260. The Balaban J connectivity index is 1.39. The zero-order valence-corrected chi connectivity index (χ0v) is 18.5. The summed E-state index contributed by atoms with van der Waals surface area (Å²) in [4.78, 5) is 17.8. The van der Waals surface area contributed by atoms with Gasteiger partial charge in [0.2, 0.25) is 21.7 Å². The van der Waals surface area contributed by atoms with Gasteiger partial charge in [-0.3, -0.25) is 9.69 Å². The third-order valence-corrected chi connectivity index (χ3v) is 7.32. The third kappa shape index (κ3) is 4.29. The van der Waals surface area contributed by atoms with Gasteiger partial charge in [-0.1, -0.05) is 17.3 Å². The number of primary amides is 1. The SMILES string of the molecule is Cc1ccc(-c2noc(CN3CCN(S(=O)(=O)c4cc(C(N)=O)n(C)c4)CC3)n2)cc1F.